The van der Waals surface area contributed by atoms with Crippen molar-refractivity contribution < 1.29 is 58.2 Å². The highest BCUT2D eigenvalue weighted by Crippen LogP contribution is 2.22. The average Bonchev–Trinajstić information content (AvgIpc) is 3.97. The van der Waals surface area contributed by atoms with E-state index in [1.807, 2.05) is 65.8 Å². The Hall–Kier alpha value is -6.27. The molecule has 1 aliphatic rings. The van der Waals surface area contributed by atoms with E-state index in [4.69, 9.17) is 10.8 Å². The number of para-hydroxylation sites is 1. The number of hydrogen-bond acceptors (Lipinski definition) is 13. The molecule has 0 saturated carbocycles. The van der Waals surface area contributed by atoms with Crippen molar-refractivity contribution in [2.24, 2.45) is 23.5 Å². The number of rotatable bonds is 28. The first-order chi connectivity index (χ1) is 34.2. The summed E-state index contributed by atoms with van der Waals surface area (Å²) in [5.41, 5.74) is 7.90. The maximum absolute atomic E-state index is 14.4. The summed E-state index contributed by atoms with van der Waals surface area (Å²) in [5, 5.41) is 40.8. The van der Waals surface area contributed by atoms with E-state index < -0.39 is 126 Å². The second-order valence-electron chi connectivity index (χ2n) is 20.0. The summed E-state index contributed by atoms with van der Waals surface area (Å²) in [7, 11) is 0. The number of likely N-dealkylation sites (tertiary alicyclic amines) is 1. The molecular weight excluding hydrogens is 967 g/mol. The van der Waals surface area contributed by atoms with E-state index in [2.05, 4.69) is 60.1 Å². The molecule has 73 heavy (non-hydrogen) atoms. The first-order valence-corrected chi connectivity index (χ1v) is 25.4. The van der Waals surface area contributed by atoms with Crippen molar-refractivity contribution in [3.8, 4) is 0 Å². The maximum atomic E-state index is 14.4. The van der Waals surface area contributed by atoms with Gasteiger partial charge in [-0.15, -0.1) is 0 Å². The third-order valence-electron chi connectivity index (χ3n) is 12.1. The molecule has 1 aromatic heterocycles. The van der Waals surface area contributed by atoms with Crippen molar-refractivity contribution >= 4 is 82.7 Å². The number of aliphatic hydroxyl groups excluding tert-OH is 1. The summed E-state index contributed by atoms with van der Waals surface area (Å²) in [6, 6.07) is -3.27. The fourth-order valence-electron chi connectivity index (χ4n) is 8.27. The topological polar surface area (TPSA) is 352 Å². The first-order valence-electron chi connectivity index (χ1n) is 24.8. The second-order valence-corrected chi connectivity index (χ2v) is 20.3. The molecule has 1 aliphatic heterocycles. The molecule has 1 aromatic carbocycles. The monoisotopic (exact) mass is 1040 g/mol. The molecule has 10 atom stereocenters. The van der Waals surface area contributed by atoms with Gasteiger partial charge in [0.05, 0.1) is 12.1 Å². The number of aromatic nitrogens is 1. The van der Waals surface area contributed by atoms with Crippen molar-refractivity contribution in [1.82, 2.24) is 52.4 Å². The summed E-state index contributed by atoms with van der Waals surface area (Å²) < 4.78 is 0. The van der Waals surface area contributed by atoms with Crippen LogP contribution in [0.1, 0.15) is 100.0 Å². The van der Waals surface area contributed by atoms with Gasteiger partial charge in [-0.2, -0.15) is 12.6 Å². The van der Waals surface area contributed by atoms with Gasteiger partial charge in [0.1, 0.15) is 54.9 Å². The summed E-state index contributed by atoms with van der Waals surface area (Å²) in [4.78, 5) is 137. The van der Waals surface area contributed by atoms with Crippen LogP contribution in [0.3, 0.4) is 0 Å². The summed E-state index contributed by atoms with van der Waals surface area (Å²) >= 11 is 4.18. The van der Waals surface area contributed by atoms with E-state index in [-0.39, 0.29) is 62.2 Å². The molecule has 1 fully saturated rings. The second kappa shape index (κ2) is 28.8. The Morgan fingerprint density at radius 2 is 1.19 bits per heavy atom. The Labute approximate surface area is 431 Å². The van der Waals surface area contributed by atoms with Crippen LogP contribution in [-0.4, -0.2) is 159 Å². The van der Waals surface area contributed by atoms with Crippen LogP contribution in [0.4, 0.5) is 0 Å². The maximum Gasteiger partial charge on any atom is 0.322 e. The Kier molecular flexibility index (Phi) is 24.1. The number of nitrogens with two attached hydrogens (primary N) is 1. The predicted octanol–water partition coefficient (Wildman–Crippen LogP) is -0.888. The molecule has 13 N–H and O–H groups in total. The predicted molar refractivity (Wildman–Crippen MR) is 274 cm³/mol. The smallest absolute Gasteiger partial charge is 0.322 e. The number of H-pyrrole nitrogens is 1. The quantitative estimate of drug-likeness (QED) is 0.0461. The van der Waals surface area contributed by atoms with E-state index in [0.717, 1.165) is 16.5 Å². The number of carbonyl (C=O) groups is 10. The lowest BCUT2D eigenvalue weighted by atomic mass is 9.99. The zero-order valence-corrected chi connectivity index (χ0v) is 44.1. The Bertz CT molecular complexity index is 2270. The fourth-order valence-corrected chi connectivity index (χ4v) is 8.52. The van der Waals surface area contributed by atoms with Gasteiger partial charge in [0.2, 0.25) is 53.2 Å². The number of fused-ring (bicyclic) bond motifs is 1. The molecule has 2 aromatic rings. The van der Waals surface area contributed by atoms with Gasteiger partial charge >= 0.3 is 5.97 Å². The molecule has 0 bridgehead atoms. The zero-order chi connectivity index (χ0) is 54.9. The van der Waals surface area contributed by atoms with Gasteiger partial charge in [-0.3, -0.25) is 47.9 Å². The highest BCUT2D eigenvalue weighted by Gasteiger charge is 2.41. The van der Waals surface area contributed by atoms with Gasteiger partial charge in [0.25, 0.3) is 0 Å². The van der Waals surface area contributed by atoms with Crippen LogP contribution in [0.15, 0.2) is 30.5 Å². The van der Waals surface area contributed by atoms with Gasteiger partial charge in [0, 0.05) is 29.4 Å². The van der Waals surface area contributed by atoms with Crippen molar-refractivity contribution in [3.63, 3.8) is 0 Å². The summed E-state index contributed by atoms with van der Waals surface area (Å²) in [6.07, 6.45) is 1.50. The number of carboxylic acid groups (broad SMARTS) is 1. The molecule has 0 spiro atoms. The van der Waals surface area contributed by atoms with Crippen LogP contribution in [-0.2, 0) is 54.4 Å². The lowest BCUT2D eigenvalue weighted by Gasteiger charge is -2.32. The van der Waals surface area contributed by atoms with Crippen molar-refractivity contribution in [2.75, 3.05) is 18.8 Å². The molecule has 9 amide bonds. The van der Waals surface area contributed by atoms with Gasteiger partial charge in [-0.25, -0.2) is 0 Å². The van der Waals surface area contributed by atoms with Gasteiger partial charge in [0.15, 0.2) is 0 Å². The normalized spacial score (nSPS) is 17.2. The van der Waals surface area contributed by atoms with Crippen molar-refractivity contribution in [1.29, 1.82) is 0 Å². The fraction of sp³-hybridized carbons (Fsp3) is 0.633. The van der Waals surface area contributed by atoms with Gasteiger partial charge in [-0.1, -0.05) is 59.7 Å². The minimum Gasteiger partial charge on any atom is -0.480 e. The van der Waals surface area contributed by atoms with E-state index in [9.17, 15) is 53.1 Å². The van der Waals surface area contributed by atoms with E-state index in [0.29, 0.717) is 6.42 Å². The Balaban J connectivity index is 1.71. The van der Waals surface area contributed by atoms with Crippen molar-refractivity contribution in [3.05, 3.63) is 36.0 Å². The number of nitrogens with zero attached hydrogens (tertiary/aromatic N) is 1. The van der Waals surface area contributed by atoms with Crippen LogP contribution in [0.2, 0.25) is 0 Å². The molecule has 24 heteroatoms. The zero-order valence-electron chi connectivity index (χ0n) is 43.2. The number of amides is 9. The molecule has 2 heterocycles. The molecule has 0 unspecified atom stereocenters. The largest absolute Gasteiger partial charge is 0.480 e. The van der Waals surface area contributed by atoms with Crippen molar-refractivity contribution in [2.45, 2.75) is 161 Å². The minimum atomic E-state index is -1.56. The standard InChI is InChI=1S/C49H77N11O12S/c1-24(2)17-34(45(68)58-37(23-73)46(69)54-27(7)41(64)52-22-39(62)63)55-44(67)35(18-25(3)4)56-47(70)38-15-12-16-60(38)49(72)36(19-26(5)6)57-48(71)40(29(9)61)59-42(65)28(8)53-43(66)32(50)20-30-21-51-33-14-11-10-13-31(30)33/h10-11,13-14,21,24-29,32,34-38,40,51,61,73H,12,15-20,22-23,50H2,1-9H3,(H,52,64)(H,53,66)(H,54,69)(H,55,67)(H,56,70)(H,57,71)(H,58,68)(H,59,65)(H,62,63)/t27-,28-,29+,32-,34-,35-,36-,37-,38-,40-/m0/s1. The number of aliphatic hydroxyl groups is 1. The molecular formula is C49H77N11O12S. The highest BCUT2D eigenvalue weighted by molar-refractivity contribution is 7.80. The summed E-state index contributed by atoms with van der Waals surface area (Å²) in [5.74, 6) is -8.45. The third kappa shape index (κ3) is 18.9. The molecule has 23 nitrogen and oxygen atoms in total. The van der Waals surface area contributed by atoms with Gasteiger partial charge in [-0.05, 0) is 88.7 Å². The average molecular weight is 1040 g/mol. The molecule has 1 saturated heterocycles. The molecule has 406 valence electrons. The Morgan fingerprint density at radius 1 is 0.671 bits per heavy atom. The highest BCUT2D eigenvalue weighted by atomic mass is 32.1. The third-order valence-corrected chi connectivity index (χ3v) is 12.5. The minimum absolute atomic E-state index is 0.116. The number of benzene rings is 1. The number of hydrogen-bond donors (Lipinski definition) is 13. The summed E-state index contributed by atoms with van der Waals surface area (Å²) in [6.45, 7) is 14.4. The van der Waals surface area contributed by atoms with E-state index in [1.54, 1.807) is 6.20 Å². The van der Waals surface area contributed by atoms with Crippen LogP contribution in [0.5, 0.6) is 0 Å². The number of aliphatic carboxylic acids is 1. The lowest BCUT2D eigenvalue weighted by molar-refractivity contribution is -0.143. The first kappa shape index (κ1) is 61.0. The molecule has 3 rings (SSSR count). The van der Waals surface area contributed by atoms with Crippen LogP contribution < -0.4 is 48.3 Å². The molecule has 0 radical (unpaired) electrons. The number of carboxylic acids is 1. The van der Waals surface area contributed by atoms with Gasteiger partial charge < -0.3 is 68.4 Å². The van der Waals surface area contributed by atoms with Crippen LogP contribution >= 0.6 is 12.6 Å². The SMILES string of the molecule is CC(C)C[C@H](NC(=O)[C@H](CC(C)C)NC(=O)[C@@H]1CCCN1C(=O)[C@H](CC(C)C)NC(=O)[C@@H](NC(=O)[C@H](C)NC(=O)[C@@H](N)Cc1c[nH]c2ccccc12)[C@@H](C)O)C(=O)N[C@@H](CS)C(=O)N[C@@H](C)C(=O)NCC(=O)O. The number of carbonyl (C=O) groups excluding carboxylic acids is 9. The Morgan fingerprint density at radius 3 is 1.77 bits per heavy atom. The number of thiol groups is 1. The lowest BCUT2D eigenvalue weighted by Crippen LogP contribution is -2.61. The number of nitrogens with one attached hydrogen (secondary N) is 9. The number of aromatic amines is 1. The van der Waals surface area contributed by atoms with Crippen LogP contribution in [0.25, 0.3) is 10.9 Å². The van der Waals surface area contributed by atoms with Crippen LogP contribution in [0, 0.1) is 17.8 Å². The van der Waals surface area contributed by atoms with E-state index in [1.165, 1.54) is 25.7 Å². The van der Waals surface area contributed by atoms with E-state index >= 15 is 0 Å². The molecule has 0 aliphatic carbocycles.